The first-order chi connectivity index (χ1) is 7.29. The Morgan fingerprint density at radius 3 is 2.27 bits per heavy atom. The van der Waals surface area contributed by atoms with Gasteiger partial charge in [-0.15, -0.1) is 0 Å². The molecule has 0 aliphatic heterocycles. The number of rotatable bonds is 2. The highest BCUT2D eigenvalue weighted by Crippen LogP contribution is 2.22. The molecule has 0 fully saturated rings. The summed E-state index contributed by atoms with van der Waals surface area (Å²) in [5, 5.41) is 9.66. The number of benzene rings is 2. The molecule has 0 heterocycles. The number of halogens is 1. The van der Waals surface area contributed by atoms with E-state index in [1.165, 1.54) is 0 Å². The van der Waals surface area contributed by atoms with Crippen LogP contribution in [0.1, 0.15) is 5.56 Å². The zero-order chi connectivity index (χ0) is 10.7. The van der Waals surface area contributed by atoms with Crippen LogP contribution in [0, 0.1) is 0 Å². The van der Waals surface area contributed by atoms with Crippen LogP contribution < -0.4 is 0 Å². The molecular weight excluding hydrogens is 208 g/mol. The van der Waals surface area contributed by atoms with Gasteiger partial charge in [0.05, 0.1) is 6.61 Å². The fourth-order valence-corrected chi connectivity index (χ4v) is 1.66. The van der Waals surface area contributed by atoms with E-state index in [0.29, 0.717) is 0 Å². The molecule has 76 valence electrons. The molecule has 1 N–H and O–H groups in total. The third-order valence-electron chi connectivity index (χ3n) is 2.29. The van der Waals surface area contributed by atoms with Crippen LogP contribution in [0.4, 0.5) is 0 Å². The van der Waals surface area contributed by atoms with Crippen molar-refractivity contribution < 1.29 is 5.11 Å². The van der Waals surface area contributed by atoms with E-state index in [1.807, 2.05) is 48.5 Å². The van der Waals surface area contributed by atoms with E-state index in [4.69, 9.17) is 16.7 Å². The van der Waals surface area contributed by atoms with Gasteiger partial charge in [-0.05, 0) is 28.8 Å². The molecule has 0 aromatic heterocycles. The lowest BCUT2D eigenvalue weighted by atomic mass is 10.0. The average molecular weight is 219 g/mol. The van der Waals surface area contributed by atoms with Crippen molar-refractivity contribution in [2.75, 3.05) is 0 Å². The minimum absolute atomic E-state index is 0.0792. The first-order valence-corrected chi connectivity index (χ1v) is 5.13. The Morgan fingerprint density at radius 1 is 0.933 bits per heavy atom. The SMILES string of the molecule is OCc1ccc(-c2cccc(Cl)c2)cc1. The molecule has 0 radical (unpaired) electrons. The van der Waals surface area contributed by atoms with Crippen molar-refractivity contribution in [1.82, 2.24) is 0 Å². The van der Waals surface area contributed by atoms with E-state index in [1.54, 1.807) is 0 Å². The van der Waals surface area contributed by atoms with E-state index in [-0.39, 0.29) is 6.61 Å². The first kappa shape index (κ1) is 10.2. The van der Waals surface area contributed by atoms with Gasteiger partial charge >= 0.3 is 0 Å². The third-order valence-corrected chi connectivity index (χ3v) is 2.53. The molecule has 1 nitrogen and oxygen atoms in total. The summed E-state index contributed by atoms with van der Waals surface area (Å²) in [4.78, 5) is 0. The van der Waals surface area contributed by atoms with Crippen molar-refractivity contribution in [3.05, 3.63) is 59.1 Å². The van der Waals surface area contributed by atoms with E-state index in [2.05, 4.69) is 0 Å². The van der Waals surface area contributed by atoms with Gasteiger partial charge in [-0.2, -0.15) is 0 Å². The summed E-state index contributed by atoms with van der Waals surface area (Å²) < 4.78 is 0. The van der Waals surface area contributed by atoms with Crippen molar-refractivity contribution in [3.8, 4) is 11.1 Å². The molecule has 15 heavy (non-hydrogen) atoms. The molecule has 2 aromatic rings. The Bertz CT molecular complexity index is 448. The van der Waals surface area contributed by atoms with Crippen molar-refractivity contribution in [2.24, 2.45) is 0 Å². The van der Waals surface area contributed by atoms with Crippen LogP contribution in [0.5, 0.6) is 0 Å². The molecule has 2 heteroatoms. The molecule has 0 spiro atoms. The van der Waals surface area contributed by atoms with Gasteiger partial charge in [0.2, 0.25) is 0 Å². The molecule has 2 rings (SSSR count). The Balaban J connectivity index is 2.37. The second-order valence-electron chi connectivity index (χ2n) is 3.37. The molecule has 0 unspecified atom stereocenters. The molecular formula is C13H11ClO. The first-order valence-electron chi connectivity index (χ1n) is 4.75. The van der Waals surface area contributed by atoms with Gasteiger partial charge < -0.3 is 5.11 Å². The van der Waals surface area contributed by atoms with E-state index in [9.17, 15) is 0 Å². The van der Waals surface area contributed by atoms with Gasteiger partial charge in [0.15, 0.2) is 0 Å². The van der Waals surface area contributed by atoms with Crippen LogP contribution in [0.2, 0.25) is 5.02 Å². The fourth-order valence-electron chi connectivity index (χ4n) is 1.47. The Morgan fingerprint density at radius 2 is 1.67 bits per heavy atom. The van der Waals surface area contributed by atoms with E-state index < -0.39 is 0 Å². The number of hydrogen-bond donors (Lipinski definition) is 1. The lowest BCUT2D eigenvalue weighted by Crippen LogP contribution is -1.83. The van der Waals surface area contributed by atoms with E-state index in [0.717, 1.165) is 21.7 Å². The maximum absolute atomic E-state index is 8.92. The molecule has 0 saturated carbocycles. The van der Waals surface area contributed by atoms with Crippen LogP contribution >= 0.6 is 11.6 Å². The Kier molecular flexibility index (Phi) is 3.05. The minimum Gasteiger partial charge on any atom is -0.392 e. The number of aliphatic hydroxyl groups is 1. The summed E-state index contributed by atoms with van der Waals surface area (Å²) in [5.41, 5.74) is 3.11. The predicted octanol–water partition coefficient (Wildman–Crippen LogP) is 3.50. The maximum Gasteiger partial charge on any atom is 0.0681 e. The normalized spacial score (nSPS) is 10.3. The van der Waals surface area contributed by atoms with Crippen molar-refractivity contribution >= 4 is 11.6 Å². The maximum atomic E-state index is 8.92. The van der Waals surface area contributed by atoms with Crippen LogP contribution in [-0.4, -0.2) is 5.11 Å². The molecule has 0 bridgehead atoms. The van der Waals surface area contributed by atoms with Crippen molar-refractivity contribution in [1.29, 1.82) is 0 Å². The Labute approximate surface area is 94.0 Å². The summed E-state index contributed by atoms with van der Waals surface area (Å²) in [6, 6.07) is 15.5. The average Bonchev–Trinajstić information content (AvgIpc) is 2.29. The van der Waals surface area contributed by atoms with Gasteiger partial charge in [0, 0.05) is 5.02 Å². The second kappa shape index (κ2) is 4.47. The van der Waals surface area contributed by atoms with Crippen molar-refractivity contribution in [3.63, 3.8) is 0 Å². The number of aliphatic hydroxyl groups excluding tert-OH is 1. The third kappa shape index (κ3) is 2.38. The fraction of sp³-hybridized carbons (Fsp3) is 0.0769. The van der Waals surface area contributed by atoms with Gasteiger partial charge in [-0.1, -0.05) is 48.0 Å². The Hall–Kier alpha value is -1.31. The number of hydrogen-bond acceptors (Lipinski definition) is 1. The van der Waals surface area contributed by atoms with Gasteiger partial charge in [0.1, 0.15) is 0 Å². The predicted molar refractivity (Wildman–Crippen MR) is 62.8 cm³/mol. The zero-order valence-corrected chi connectivity index (χ0v) is 8.91. The van der Waals surface area contributed by atoms with E-state index >= 15 is 0 Å². The summed E-state index contributed by atoms with van der Waals surface area (Å²) in [5.74, 6) is 0. The zero-order valence-electron chi connectivity index (χ0n) is 8.15. The summed E-state index contributed by atoms with van der Waals surface area (Å²) in [6.07, 6.45) is 0. The standard InChI is InChI=1S/C13H11ClO/c14-13-3-1-2-12(8-13)11-6-4-10(9-15)5-7-11/h1-8,15H,9H2. The molecule has 2 aromatic carbocycles. The largest absolute Gasteiger partial charge is 0.392 e. The molecule has 0 saturated heterocycles. The lowest BCUT2D eigenvalue weighted by Gasteiger charge is -2.03. The second-order valence-corrected chi connectivity index (χ2v) is 3.80. The molecule has 0 aliphatic rings. The van der Waals surface area contributed by atoms with Crippen LogP contribution in [0.15, 0.2) is 48.5 Å². The molecule has 0 amide bonds. The van der Waals surface area contributed by atoms with Crippen LogP contribution in [0.3, 0.4) is 0 Å². The summed E-state index contributed by atoms with van der Waals surface area (Å²) >= 11 is 5.91. The monoisotopic (exact) mass is 218 g/mol. The quantitative estimate of drug-likeness (QED) is 0.818. The lowest BCUT2D eigenvalue weighted by molar-refractivity contribution is 0.282. The van der Waals surface area contributed by atoms with Gasteiger partial charge in [-0.25, -0.2) is 0 Å². The summed E-state index contributed by atoms with van der Waals surface area (Å²) in [6.45, 7) is 0.0792. The van der Waals surface area contributed by atoms with Crippen LogP contribution in [0.25, 0.3) is 11.1 Å². The van der Waals surface area contributed by atoms with Gasteiger partial charge in [-0.3, -0.25) is 0 Å². The smallest absolute Gasteiger partial charge is 0.0681 e. The van der Waals surface area contributed by atoms with Crippen molar-refractivity contribution in [2.45, 2.75) is 6.61 Å². The van der Waals surface area contributed by atoms with Gasteiger partial charge in [0.25, 0.3) is 0 Å². The summed E-state index contributed by atoms with van der Waals surface area (Å²) in [7, 11) is 0. The van der Waals surface area contributed by atoms with Crippen LogP contribution in [-0.2, 0) is 6.61 Å². The molecule has 0 aliphatic carbocycles. The molecule has 0 atom stereocenters. The minimum atomic E-state index is 0.0792. The topological polar surface area (TPSA) is 20.2 Å². The highest BCUT2D eigenvalue weighted by molar-refractivity contribution is 6.30. The highest BCUT2D eigenvalue weighted by atomic mass is 35.5. The highest BCUT2D eigenvalue weighted by Gasteiger charge is 1.98.